The highest BCUT2D eigenvalue weighted by molar-refractivity contribution is 6.05. The third-order valence-electron chi connectivity index (χ3n) is 5.26. The molecule has 1 fully saturated rings. The Morgan fingerprint density at radius 2 is 1.90 bits per heavy atom. The van der Waals surface area contributed by atoms with Gasteiger partial charge in [0.05, 0.1) is 11.4 Å². The Bertz CT molecular complexity index is 1110. The molecule has 4 rings (SSSR count). The molecule has 0 saturated carbocycles. The van der Waals surface area contributed by atoms with E-state index in [0.717, 1.165) is 36.1 Å². The molecular weight excluding hydrogens is 388 g/mol. The number of likely N-dealkylation sites (tertiary alicyclic amines) is 1. The number of nitrogens with two attached hydrogens (primary N) is 1. The van der Waals surface area contributed by atoms with Crippen molar-refractivity contribution in [3.8, 4) is 0 Å². The first-order valence-electron chi connectivity index (χ1n) is 10.2. The zero-order chi connectivity index (χ0) is 21.6. The molecule has 1 aromatic heterocycles. The van der Waals surface area contributed by atoms with Gasteiger partial charge in [-0.3, -0.25) is 14.6 Å². The third-order valence-corrected chi connectivity index (χ3v) is 5.26. The molecule has 0 aliphatic carbocycles. The lowest BCUT2D eigenvalue weighted by Crippen LogP contribution is -2.36. The van der Waals surface area contributed by atoms with Gasteiger partial charge in [0.25, 0.3) is 5.91 Å². The molecule has 6 nitrogen and oxygen atoms in total. The normalized spacial score (nSPS) is 15.2. The first-order valence-corrected chi connectivity index (χ1v) is 10.2. The molecular formula is C25H24N4O2. The maximum atomic E-state index is 12.9. The molecule has 2 amide bonds. The summed E-state index contributed by atoms with van der Waals surface area (Å²) in [5, 5.41) is 2.82. The average molecular weight is 412 g/mol. The number of piperidine rings is 1. The van der Waals surface area contributed by atoms with Crippen LogP contribution in [0.3, 0.4) is 0 Å². The summed E-state index contributed by atoms with van der Waals surface area (Å²) in [4.78, 5) is 31.4. The minimum absolute atomic E-state index is 0.0523. The highest BCUT2D eigenvalue weighted by Gasteiger charge is 2.23. The van der Waals surface area contributed by atoms with Gasteiger partial charge in [-0.2, -0.15) is 0 Å². The minimum Gasteiger partial charge on any atom is -0.397 e. The van der Waals surface area contributed by atoms with Gasteiger partial charge in [0.2, 0.25) is 5.91 Å². The van der Waals surface area contributed by atoms with Gasteiger partial charge in [-0.1, -0.05) is 30.3 Å². The van der Waals surface area contributed by atoms with Gasteiger partial charge < -0.3 is 16.0 Å². The molecule has 3 N–H and O–H groups in total. The van der Waals surface area contributed by atoms with E-state index in [0.29, 0.717) is 23.5 Å². The maximum Gasteiger partial charge on any atom is 0.255 e. The summed E-state index contributed by atoms with van der Waals surface area (Å²) in [7, 11) is 0. The number of pyridine rings is 1. The van der Waals surface area contributed by atoms with Crippen molar-refractivity contribution in [1.82, 2.24) is 9.88 Å². The number of nitrogens with one attached hydrogen (secondary N) is 1. The number of nitrogens with zero attached hydrogens (tertiary/aromatic N) is 2. The molecule has 31 heavy (non-hydrogen) atoms. The molecule has 0 radical (unpaired) electrons. The van der Waals surface area contributed by atoms with Crippen molar-refractivity contribution in [3.05, 3.63) is 95.3 Å². The zero-order valence-corrected chi connectivity index (χ0v) is 17.1. The zero-order valence-electron chi connectivity index (χ0n) is 17.1. The number of aromatic nitrogens is 1. The number of anilines is 2. The van der Waals surface area contributed by atoms with Crippen LogP contribution >= 0.6 is 0 Å². The van der Waals surface area contributed by atoms with Gasteiger partial charge in [-0.05, 0) is 60.4 Å². The van der Waals surface area contributed by atoms with Crippen LogP contribution in [0.25, 0.3) is 6.08 Å². The van der Waals surface area contributed by atoms with E-state index in [1.54, 1.807) is 36.7 Å². The highest BCUT2D eigenvalue weighted by atomic mass is 16.2. The molecule has 3 aromatic rings. The van der Waals surface area contributed by atoms with E-state index in [9.17, 15) is 9.59 Å². The minimum atomic E-state index is -0.222. The molecule has 156 valence electrons. The maximum absolute atomic E-state index is 12.9. The van der Waals surface area contributed by atoms with E-state index in [1.165, 1.54) is 0 Å². The van der Waals surface area contributed by atoms with Crippen molar-refractivity contribution in [2.24, 2.45) is 0 Å². The van der Waals surface area contributed by atoms with Gasteiger partial charge in [0.1, 0.15) is 0 Å². The number of carbonyl (C=O) groups excluding carboxylic acids is 2. The van der Waals surface area contributed by atoms with Gasteiger partial charge in [-0.15, -0.1) is 0 Å². The fourth-order valence-corrected chi connectivity index (χ4v) is 3.61. The second kappa shape index (κ2) is 9.26. The van der Waals surface area contributed by atoms with E-state index < -0.39 is 0 Å². The lowest BCUT2D eigenvalue weighted by atomic mass is 10.0. The smallest absolute Gasteiger partial charge is 0.255 e. The number of nitrogen functional groups attached to an aromatic ring is 1. The van der Waals surface area contributed by atoms with Crippen molar-refractivity contribution in [2.45, 2.75) is 19.4 Å². The Morgan fingerprint density at radius 3 is 2.65 bits per heavy atom. The van der Waals surface area contributed by atoms with Crippen molar-refractivity contribution < 1.29 is 9.59 Å². The second-order valence-corrected chi connectivity index (χ2v) is 7.52. The molecule has 0 bridgehead atoms. The average Bonchev–Trinajstić information content (AvgIpc) is 2.79. The van der Waals surface area contributed by atoms with Crippen LogP contribution in [0.15, 0.2) is 78.6 Å². The van der Waals surface area contributed by atoms with E-state index in [-0.39, 0.29) is 11.8 Å². The topological polar surface area (TPSA) is 88.3 Å². The van der Waals surface area contributed by atoms with Gasteiger partial charge in [-0.25, -0.2) is 0 Å². The summed E-state index contributed by atoms with van der Waals surface area (Å²) in [6.07, 6.45) is 7.09. The first kappa shape index (κ1) is 20.3. The number of benzene rings is 2. The molecule has 0 atom stereocenters. The Morgan fingerprint density at radius 1 is 1.10 bits per heavy atom. The van der Waals surface area contributed by atoms with Gasteiger partial charge in [0.15, 0.2) is 0 Å². The van der Waals surface area contributed by atoms with Crippen molar-refractivity contribution in [3.63, 3.8) is 0 Å². The molecule has 2 heterocycles. The molecule has 0 spiro atoms. The second-order valence-electron chi connectivity index (χ2n) is 7.52. The predicted molar refractivity (Wildman–Crippen MR) is 122 cm³/mol. The number of para-hydroxylation sites is 2. The van der Waals surface area contributed by atoms with Crippen LogP contribution in [-0.4, -0.2) is 28.2 Å². The van der Waals surface area contributed by atoms with Crippen LogP contribution in [0.5, 0.6) is 0 Å². The first-order chi connectivity index (χ1) is 15.1. The van der Waals surface area contributed by atoms with Crippen molar-refractivity contribution in [2.75, 3.05) is 17.6 Å². The van der Waals surface area contributed by atoms with Crippen LogP contribution in [-0.2, 0) is 11.3 Å². The quantitative estimate of drug-likeness (QED) is 0.487. The molecule has 1 aliphatic heterocycles. The number of rotatable bonds is 5. The lowest BCUT2D eigenvalue weighted by Gasteiger charge is -2.28. The van der Waals surface area contributed by atoms with Gasteiger partial charge in [0, 0.05) is 36.6 Å². The Balaban J connectivity index is 1.41. The fourth-order valence-electron chi connectivity index (χ4n) is 3.61. The monoisotopic (exact) mass is 412 g/mol. The summed E-state index contributed by atoms with van der Waals surface area (Å²) in [6, 6.07) is 18.3. The Labute approximate surface area is 181 Å². The molecule has 2 aromatic carbocycles. The van der Waals surface area contributed by atoms with Crippen LogP contribution in [0.1, 0.15) is 34.3 Å². The lowest BCUT2D eigenvalue weighted by molar-refractivity contribution is -0.129. The standard InChI is InChI=1S/C25H24N4O2/c26-22-7-1-2-8-23(22)28-24(30)20-11-9-18(10-12-20)17-29-14-4-6-21(25(29)31)15-19-5-3-13-27-16-19/h1-3,5,7-13,15-16H,4,6,14,17,26H2,(H,28,30)/b21-15+. The summed E-state index contributed by atoms with van der Waals surface area (Å²) in [5.41, 5.74) is 10.2. The Kier molecular flexibility index (Phi) is 6.08. The molecule has 6 heteroatoms. The molecule has 1 saturated heterocycles. The van der Waals surface area contributed by atoms with Crippen LogP contribution < -0.4 is 11.1 Å². The summed E-state index contributed by atoms with van der Waals surface area (Å²) in [5.74, 6) is -0.170. The number of carbonyl (C=O) groups is 2. The van der Waals surface area contributed by atoms with E-state index in [2.05, 4.69) is 10.3 Å². The molecule has 1 aliphatic rings. The van der Waals surface area contributed by atoms with Crippen LogP contribution in [0.4, 0.5) is 11.4 Å². The molecule has 0 unspecified atom stereocenters. The fraction of sp³-hybridized carbons (Fsp3) is 0.160. The number of amides is 2. The summed E-state index contributed by atoms with van der Waals surface area (Å²) < 4.78 is 0. The van der Waals surface area contributed by atoms with Crippen LogP contribution in [0, 0.1) is 0 Å². The van der Waals surface area contributed by atoms with E-state index >= 15 is 0 Å². The largest absolute Gasteiger partial charge is 0.397 e. The predicted octanol–water partition coefficient (Wildman–Crippen LogP) is 4.12. The van der Waals surface area contributed by atoms with E-state index in [4.69, 9.17) is 5.73 Å². The SMILES string of the molecule is Nc1ccccc1NC(=O)c1ccc(CN2CCC/C(=C\c3cccnc3)C2=O)cc1. The van der Waals surface area contributed by atoms with Crippen LogP contribution in [0.2, 0.25) is 0 Å². The van der Waals surface area contributed by atoms with Crippen molar-refractivity contribution in [1.29, 1.82) is 0 Å². The highest BCUT2D eigenvalue weighted by Crippen LogP contribution is 2.22. The summed E-state index contributed by atoms with van der Waals surface area (Å²) >= 11 is 0. The third kappa shape index (κ3) is 4.98. The number of hydrogen-bond donors (Lipinski definition) is 2. The summed E-state index contributed by atoms with van der Waals surface area (Å²) in [6.45, 7) is 1.23. The van der Waals surface area contributed by atoms with Crippen molar-refractivity contribution >= 4 is 29.3 Å². The van der Waals surface area contributed by atoms with Gasteiger partial charge >= 0.3 is 0 Å². The number of hydrogen-bond acceptors (Lipinski definition) is 4. The van der Waals surface area contributed by atoms with E-state index in [1.807, 2.05) is 47.4 Å². The Hall–Kier alpha value is -3.93.